The number of nitrogens with two attached hydrogens (primary N) is 1. The molecule has 0 rings (SSSR count). The molecule has 0 aromatic rings. The zero-order valence-corrected chi connectivity index (χ0v) is 6.59. The maximum absolute atomic E-state index is 10.9. The minimum absolute atomic E-state index is 0.316. The molecule has 0 aliphatic carbocycles. The van der Waals surface area contributed by atoms with Gasteiger partial charge in [-0.25, -0.2) is 4.79 Å². The summed E-state index contributed by atoms with van der Waals surface area (Å²) >= 11 is 0. The number of Topliss-reactive ketones (excluding diaryl/α,β-unsaturated/α-hetero) is 1. The van der Waals surface area contributed by atoms with Crippen molar-refractivity contribution in [3.8, 4) is 0 Å². The van der Waals surface area contributed by atoms with E-state index in [0.29, 0.717) is 5.57 Å². The molecule has 0 radical (unpaired) electrons. The fourth-order valence-electron chi connectivity index (χ4n) is 0.575. The van der Waals surface area contributed by atoms with Crippen LogP contribution in [0.1, 0.15) is 13.8 Å². The van der Waals surface area contributed by atoms with E-state index in [4.69, 9.17) is 0 Å². The van der Waals surface area contributed by atoms with Crippen LogP contribution in [0.15, 0.2) is 12.2 Å². The van der Waals surface area contributed by atoms with Crippen molar-refractivity contribution in [2.45, 2.75) is 20.0 Å². The Bertz CT molecular complexity index is 198. The second-order valence-electron chi connectivity index (χ2n) is 2.22. The predicted molar refractivity (Wildman–Crippen MR) is 40.0 cm³/mol. The van der Waals surface area contributed by atoms with Crippen LogP contribution in [0.3, 0.4) is 0 Å². The second kappa shape index (κ2) is 3.75. The Morgan fingerprint density at radius 1 is 1.55 bits per heavy atom. The van der Waals surface area contributed by atoms with Gasteiger partial charge in [-0.3, -0.25) is 4.79 Å². The Kier molecular flexibility index (Phi) is 3.30. The van der Waals surface area contributed by atoms with Gasteiger partial charge >= 0.3 is 6.09 Å². The van der Waals surface area contributed by atoms with Crippen molar-refractivity contribution >= 4 is 11.9 Å². The maximum atomic E-state index is 10.9. The molecule has 0 saturated heterocycles. The number of amides is 1. The van der Waals surface area contributed by atoms with Crippen LogP contribution in [0.5, 0.6) is 0 Å². The van der Waals surface area contributed by atoms with Gasteiger partial charge in [0.2, 0.25) is 0 Å². The highest BCUT2D eigenvalue weighted by Crippen LogP contribution is 1.99. The Morgan fingerprint density at radius 3 is 2.27 bits per heavy atom. The average molecular weight is 157 g/mol. The van der Waals surface area contributed by atoms with Gasteiger partial charge in [-0.2, -0.15) is 0 Å². The van der Waals surface area contributed by atoms with Crippen LogP contribution in [0.2, 0.25) is 0 Å². The molecular weight excluding hydrogens is 146 g/mol. The van der Waals surface area contributed by atoms with E-state index in [1.54, 1.807) is 6.92 Å². The fourth-order valence-corrected chi connectivity index (χ4v) is 0.575. The third-order valence-electron chi connectivity index (χ3n) is 1.08. The largest absolute Gasteiger partial charge is 0.438 e. The number of hydrogen-bond acceptors (Lipinski definition) is 3. The molecular formula is C7H11NO3. The molecule has 1 amide bonds. The van der Waals surface area contributed by atoms with Gasteiger partial charge in [-0.1, -0.05) is 6.58 Å². The monoisotopic (exact) mass is 157 g/mol. The summed E-state index contributed by atoms with van der Waals surface area (Å²) in [4.78, 5) is 21.1. The number of hydrogen-bond donors (Lipinski definition) is 1. The normalized spacial score (nSPS) is 11.8. The van der Waals surface area contributed by atoms with Crippen LogP contribution < -0.4 is 5.73 Å². The molecule has 0 aliphatic heterocycles. The summed E-state index contributed by atoms with van der Waals surface area (Å²) in [5.74, 6) is -0.316. The molecule has 0 aliphatic rings. The minimum Gasteiger partial charge on any atom is -0.438 e. The Morgan fingerprint density at radius 2 is 2.00 bits per heavy atom. The minimum atomic E-state index is -0.952. The van der Waals surface area contributed by atoms with Gasteiger partial charge in [0.15, 0.2) is 11.9 Å². The van der Waals surface area contributed by atoms with Crippen LogP contribution in [0.25, 0.3) is 0 Å². The van der Waals surface area contributed by atoms with Crippen LogP contribution >= 0.6 is 0 Å². The molecule has 0 aromatic heterocycles. The number of carbonyl (C=O) groups excluding carboxylic acids is 2. The van der Waals surface area contributed by atoms with Gasteiger partial charge in [0.1, 0.15) is 0 Å². The Hall–Kier alpha value is -1.32. The average Bonchev–Trinajstić information content (AvgIpc) is 1.84. The van der Waals surface area contributed by atoms with Crippen LogP contribution in [0.4, 0.5) is 4.79 Å². The lowest BCUT2D eigenvalue weighted by Crippen LogP contribution is -2.27. The van der Waals surface area contributed by atoms with Crippen molar-refractivity contribution in [3.05, 3.63) is 12.2 Å². The molecule has 0 spiro atoms. The van der Waals surface area contributed by atoms with Gasteiger partial charge in [-0.05, 0) is 19.4 Å². The molecule has 4 heteroatoms. The zero-order chi connectivity index (χ0) is 9.02. The van der Waals surface area contributed by atoms with E-state index in [2.05, 4.69) is 17.0 Å². The van der Waals surface area contributed by atoms with Gasteiger partial charge in [-0.15, -0.1) is 0 Å². The van der Waals surface area contributed by atoms with E-state index in [1.807, 2.05) is 0 Å². The first-order chi connectivity index (χ1) is 4.95. The van der Waals surface area contributed by atoms with Crippen molar-refractivity contribution in [1.82, 2.24) is 0 Å². The number of ether oxygens (including phenoxy) is 1. The molecule has 4 nitrogen and oxygen atoms in total. The molecule has 0 saturated carbocycles. The van der Waals surface area contributed by atoms with Crippen LogP contribution in [-0.2, 0) is 9.53 Å². The van der Waals surface area contributed by atoms with E-state index in [-0.39, 0.29) is 5.78 Å². The standard InChI is InChI=1S/C7H11NO3/c1-4(2)6(9)5(3)11-7(8)10/h5H,1H2,2-3H3,(H2,8,10). The van der Waals surface area contributed by atoms with Crippen molar-refractivity contribution in [2.24, 2.45) is 5.73 Å². The first-order valence-corrected chi connectivity index (χ1v) is 3.11. The summed E-state index contributed by atoms with van der Waals surface area (Å²) in [6, 6.07) is 0. The van der Waals surface area contributed by atoms with Crippen molar-refractivity contribution in [2.75, 3.05) is 0 Å². The van der Waals surface area contributed by atoms with Crippen molar-refractivity contribution < 1.29 is 14.3 Å². The molecule has 0 heterocycles. The van der Waals surface area contributed by atoms with Gasteiger partial charge < -0.3 is 10.5 Å². The highest BCUT2D eigenvalue weighted by atomic mass is 16.6. The highest BCUT2D eigenvalue weighted by molar-refractivity contribution is 5.98. The third-order valence-corrected chi connectivity index (χ3v) is 1.08. The fraction of sp³-hybridized carbons (Fsp3) is 0.429. The summed E-state index contributed by atoms with van der Waals surface area (Å²) in [5, 5.41) is 0. The number of primary amides is 1. The zero-order valence-electron chi connectivity index (χ0n) is 6.59. The number of ketones is 1. The highest BCUT2D eigenvalue weighted by Gasteiger charge is 2.15. The summed E-state index contributed by atoms with van der Waals surface area (Å²) in [6.45, 7) is 6.39. The van der Waals surface area contributed by atoms with Crippen LogP contribution in [-0.4, -0.2) is 18.0 Å². The van der Waals surface area contributed by atoms with Gasteiger partial charge in [0, 0.05) is 0 Å². The molecule has 11 heavy (non-hydrogen) atoms. The van der Waals surface area contributed by atoms with E-state index >= 15 is 0 Å². The molecule has 0 bridgehead atoms. The summed E-state index contributed by atoms with van der Waals surface area (Å²) < 4.78 is 4.40. The topological polar surface area (TPSA) is 69.4 Å². The molecule has 1 atom stereocenters. The molecule has 2 N–H and O–H groups in total. The van der Waals surface area contributed by atoms with E-state index in [1.165, 1.54) is 6.92 Å². The summed E-state index contributed by atoms with van der Waals surface area (Å²) in [7, 11) is 0. The lowest BCUT2D eigenvalue weighted by molar-refractivity contribution is -0.122. The smallest absolute Gasteiger partial charge is 0.405 e. The molecule has 1 unspecified atom stereocenters. The lowest BCUT2D eigenvalue weighted by Gasteiger charge is -2.08. The lowest BCUT2D eigenvalue weighted by atomic mass is 10.1. The quantitative estimate of drug-likeness (QED) is 0.610. The van der Waals surface area contributed by atoms with E-state index < -0.39 is 12.2 Å². The van der Waals surface area contributed by atoms with Crippen molar-refractivity contribution in [3.63, 3.8) is 0 Å². The first-order valence-electron chi connectivity index (χ1n) is 3.11. The van der Waals surface area contributed by atoms with Crippen LogP contribution in [0, 0.1) is 0 Å². The summed E-state index contributed by atoms with van der Waals surface area (Å²) in [5.41, 5.74) is 5.03. The Balaban J connectivity index is 4.03. The molecule has 62 valence electrons. The second-order valence-corrected chi connectivity index (χ2v) is 2.22. The van der Waals surface area contributed by atoms with Gasteiger partial charge in [0.25, 0.3) is 0 Å². The van der Waals surface area contributed by atoms with E-state index in [9.17, 15) is 9.59 Å². The predicted octanol–water partition coefficient (Wildman–Crippen LogP) is 0.615. The van der Waals surface area contributed by atoms with Gasteiger partial charge in [0.05, 0.1) is 0 Å². The Labute approximate surface area is 65.0 Å². The SMILES string of the molecule is C=C(C)C(=O)C(C)OC(N)=O. The molecule has 0 aromatic carbocycles. The number of carbonyl (C=O) groups is 2. The third kappa shape index (κ3) is 3.40. The summed E-state index contributed by atoms with van der Waals surface area (Å²) in [6.07, 6.45) is -1.78. The first kappa shape index (κ1) is 9.68. The molecule has 0 fully saturated rings. The maximum Gasteiger partial charge on any atom is 0.405 e. The van der Waals surface area contributed by atoms with Crippen molar-refractivity contribution in [1.29, 1.82) is 0 Å². The number of rotatable bonds is 3. The van der Waals surface area contributed by atoms with E-state index in [0.717, 1.165) is 0 Å².